The lowest BCUT2D eigenvalue weighted by Crippen LogP contribution is -2.61. The molecule has 3 heterocycles. The molecule has 4 nitrogen and oxygen atoms in total. The van der Waals surface area contributed by atoms with E-state index >= 15 is 0 Å². The van der Waals surface area contributed by atoms with Gasteiger partial charge in [0.05, 0.1) is 5.69 Å². The molecule has 0 N–H and O–H groups in total. The molecule has 0 atom stereocenters. The van der Waals surface area contributed by atoms with Crippen LogP contribution in [0.5, 0.6) is 0 Å². The van der Waals surface area contributed by atoms with Crippen LogP contribution < -0.4 is 26.2 Å². The Morgan fingerprint density at radius 3 is 1.10 bits per heavy atom. The van der Waals surface area contributed by atoms with Crippen molar-refractivity contribution in [3.63, 3.8) is 0 Å². The molecule has 0 bridgehead atoms. The Morgan fingerprint density at radius 2 is 0.698 bits per heavy atom. The van der Waals surface area contributed by atoms with Crippen molar-refractivity contribution >= 4 is 57.2 Å². The molecule has 0 amide bonds. The number of fused-ring (bicyclic) bond motifs is 4. The molecule has 0 unspecified atom stereocenters. The van der Waals surface area contributed by atoms with Crippen molar-refractivity contribution in [1.82, 2.24) is 9.97 Å². The Morgan fingerprint density at radius 1 is 0.317 bits per heavy atom. The van der Waals surface area contributed by atoms with Gasteiger partial charge in [-0.2, -0.15) is 0 Å². The monoisotopic (exact) mass is 802 g/mol. The van der Waals surface area contributed by atoms with E-state index in [2.05, 4.69) is 233 Å². The fraction of sp³-hybridized carbons (Fsp3) is 0. The SMILES string of the molecule is c1ccc(-c2ccc(N3c4ccc(-c5ccccc5)cc4B4c5cc(-c6ccccc6)ccc5N(c5ccc(-c6ccccc6)cc5)c5cc(-c6ccncn6)cc3c54)cc2)cc1. The summed E-state index contributed by atoms with van der Waals surface area (Å²) < 4.78 is 0. The molecule has 5 heteroatoms. The smallest absolute Gasteiger partial charge is 0.252 e. The van der Waals surface area contributed by atoms with Crippen LogP contribution in [0.15, 0.2) is 237 Å². The van der Waals surface area contributed by atoms with Gasteiger partial charge in [-0.3, -0.25) is 0 Å². The van der Waals surface area contributed by atoms with Gasteiger partial charge < -0.3 is 9.80 Å². The highest BCUT2D eigenvalue weighted by Gasteiger charge is 2.44. The molecule has 0 fully saturated rings. The minimum Gasteiger partial charge on any atom is -0.311 e. The Balaban J connectivity index is 1.15. The summed E-state index contributed by atoms with van der Waals surface area (Å²) in [6, 6.07) is 81.6. The third-order valence-electron chi connectivity index (χ3n) is 12.6. The second kappa shape index (κ2) is 15.3. The van der Waals surface area contributed by atoms with E-state index in [9.17, 15) is 0 Å². The highest BCUT2D eigenvalue weighted by Crippen LogP contribution is 2.47. The summed E-state index contributed by atoms with van der Waals surface area (Å²) in [6.45, 7) is -0.0774. The van der Waals surface area contributed by atoms with E-state index in [0.717, 1.165) is 45.4 Å². The third-order valence-corrected chi connectivity index (χ3v) is 12.6. The molecule has 2 aliphatic rings. The molecule has 0 spiro atoms. The van der Waals surface area contributed by atoms with Gasteiger partial charge in [-0.05, 0) is 115 Å². The average Bonchev–Trinajstić information content (AvgIpc) is 3.37. The first-order valence-corrected chi connectivity index (χ1v) is 21.5. The molecule has 63 heavy (non-hydrogen) atoms. The van der Waals surface area contributed by atoms with Crippen LogP contribution >= 0.6 is 0 Å². The molecule has 2 aliphatic heterocycles. The van der Waals surface area contributed by atoms with Crippen molar-refractivity contribution in [2.45, 2.75) is 0 Å². The van der Waals surface area contributed by atoms with Crippen LogP contribution in [0.4, 0.5) is 34.1 Å². The van der Waals surface area contributed by atoms with Crippen molar-refractivity contribution < 1.29 is 0 Å². The van der Waals surface area contributed by atoms with Crippen molar-refractivity contribution in [2.75, 3.05) is 9.80 Å². The van der Waals surface area contributed by atoms with E-state index in [-0.39, 0.29) is 6.71 Å². The van der Waals surface area contributed by atoms with Gasteiger partial charge in [0.1, 0.15) is 6.33 Å². The molecule has 0 radical (unpaired) electrons. The zero-order valence-electron chi connectivity index (χ0n) is 34.4. The van der Waals surface area contributed by atoms with E-state index < -0.39 is 0 Å². The number of rotatable bonds is 7. The molecule has 9 aromatic carbocycles. The van der Waals surface area contributed by atoms with Gasteiger partial charge >= 0.3 is 0 Å². The quantitative estimate of drug-likeness (QED) is 0.150. The Labute approximate surface area is 368 Å². The molecule has 10 aromatic rings. The normalized spacial score (nSPS) is 12.3. The van der Waals surface area contributed by atoms with Crippen molar-refractivity contribution in [1.29, 1.82) is 0 Å². The number of hydrogen-bond donors (Lipinski definition) is 0. The summed E-state index contributed by atoms with van der Waals surface area (Å²) in [5, 5.41) is 0. The van der Waals surface area contributed by atoms with E-state index in [4.69, 9.17) is 4.98 Å². The maximum atomic E-state index is 4.83. The number of nitrogens with zero attached hydrogens (tertiary/aromatic N) is 4. The molecule has 0 saturated carbocycles. The fourth-order valence-corrected chi connectivity index (χ4v) is 9.66. The zero-order chi connectivity index (χ0) is 41.7. The van der Waals surface area contributed by atoms with Crippen molar-refractivity contribution in [3.05, 3.63) is 237 Å². The second-order valence-electron chi connectivity index (χ2n) is 16.2. The Kier molecular flexibility index (Phi) is 8.89. The average molecular weight is 803 g/mol. The maximum Gasteiger partial charge on any atom is 0.252 e. The number of aromatic nitrogens is 2. The summed E-state index contributed by atoms with van der Waals surface area (Å²) in [5.41, 5.74) is 21.9. The lowest BCUT2D eigenvalue weighted by atomic mass is 9.33. The molecular formula is C58H39BN4. The largest absolute Gasteiger partial charge is 0.311 e. The summed E-state index contributed by atoms with van der Waals surface area (Å²) in [4.78, 5) is 14.1. The maximum absolute atomic E-state index is 4.83. The highest BCUT2D eigenvalue weighted by molar-refractivity contribution is 7.00. The predicted molar refractivity (Wildman–Crippen MR) is 263 cm³/mol. The van der Waals surface area contributed by atoms with E-state index in [1.54, 1.807) is 6.33 Å². The first-order chi connectivity index (χ1) is 31.2. The van der Waals surface area contributed by atoms with Gasteiger partial charge in [0.2, 0.25) is 0 Å². The van der Waals surface area contributed by atoms with Crippen LogP contribution in [0.3, 0.4) is 0 Å². The summed E-state index contributed by atoms with van der Waals surface area (Å²) in [7, 11) is 0. The second-order valence-corrected chi connectivity index (χ2v) is 16.2. The number of hydrogen-bond acceptors (Lipinski definition) is 4. The molecule has 1 aromatic heterocycles. The van der Waals surface area contributed by atoms with Crippen molar-refractivity contribution in [3.8, 4) is 55.8 Å². The Hall–Kier alpha value is -8.28. The van der Waals surface area contributed by atoms with Gasteiger partial charge in [0, 0.05) is 45.9 Å². The van der Waals surface area contributed by atoms with Crippen LogP contribution in [-0.2, 0) is 0 Å². The first kappa shape index (κ1) is 36.6. The Bertz CT molecular complexity index is 3050. The molecular weight excluding hydrogens is 763 g/mol. The predicted octanol–water partition coefficient (Wildman–Crippen LogP) is 12.9. The van der Waals surface area contributed by atoms with Gasteiger partial charge in [-0.1, -0.05) is 170 Å². The highest BCUT2D eigenvalue weighted by atomic mass is 15.2. The summed E-state index contributed by atoms with van der Waals surface area (Å²) >= 11 is 0. The van der Waals surface area contributed by atoms with Crippen molar-refractivity contribution in [2.24, 2.45) is 0 Å². The van der Waals surface area contributed by atoms with Crippen LogP contribution in [0.25, 0.3) is 55.8 Å². The van der Waals surface area contributed by atoms with Gasteiger partial charge in [-0.25, -0.2) is 9.97 Å². The van der Waals surface area contributed by atoms with Crippen LogP contribution in [0.1, 0.15) is 0 Å². The lowest BCUT2D eigenvalue weighted by molar-refractivity contribution is 1.17. The third kappa shape index (κ3) is 6.41. The molecule has 0 saturated heterocycles. The van der Waals surface area contributed by atoms with Gasteiger partial charge in [0.15, 0.2) is 0 Å². The number of benzene rings is 9. The summed E-state index contributed by atoms with van der Waals surface area (Å²) in [6.07, 6.45) is 3.47. The van der Waals surface area contributed by atoms with E-state index in [0.29, 0.717) is 0 Å². The minimum absolute atomic E-state index is 0.0774. The minimum atomic E-state index is -0.0774. The van der Waals surface area contributed by atoms with E-state index in [1.165, 1.54) is 60.9 Å². The zero-order valence-corrected chi connectivity index (χ0v) is 34.4. The van der Waals surface area contributed by atoms with Crippen LogP contribution in [0.2, 0.25) is 0 Å². The van der Waals surface area contributed by atoms with Gasteiger partial charge in [-0.15, -0.1) is 0 Å². The molecule has 0 aliphatic carbocycles. The van der Waals surface area contributed by atoms with E-state index in [1.807, 2.05) is 12.3 Å². The number of anilines is 6. The summed E-state index contributed by atoms with van der Waals surface area (Å²) in [5.74, 6) is 0. The topological polar surface area (TPSA) is 32.3 Å². The molecule has 294 valence electrons. The fourth-order valence-electron chi connectivity index (χ4n) is 9.66. The van der Waals surface area contributed by atoms with Crippen LogP contribution in [-0.4, -0.2) is 16.7 Å². The lowest BCUT2D eigenvalue weighted by Gasteiger charge is -2.44. The molecule has 12 rings (SSSR count). The first-order valence-electron chi connectivity index (χ1n) is 21.5. The van der Waals surface area contributed by atoms with Crippen LogP contribution in [0, 0.1) is 0 Å². The standard InChI is InChI=1S/C58H39BN4/c1-5-13-40(14-6-1)44-21-27-49(28-22-44)62-54-31-25-46(42-17-9-3-10-18-42)35-51(54)59-52-36-47(43-19-11-4-12-20-43)26-32-55(52)63(50-29-23-45(24-30-50)41-15-7-2-8-16-41)57-38-48(37-56(62)58(57)59)53-33-34-60-39-61-53/h1-39H. The van der Waals surface area contributed by atoms with Gasteiger partial charge in [0.25, 0.3) is 6.71 Å².